The van der Waals surface area contributed by atoms with Crippen LogP contribution in [0.2, 0.25) is 0 Å². The predicted molar refractivity (Wildman–Crippen MR) is 67.0 cm³/mol. The van der Waals surface area contributed by atoms with Gasteiger partial charge in [-0.25, -0.2) is 0 Å². The summed E-state index contributed by atoms with van der Waals surface area (Å²) in [5, 5.41) is 0. The lowest BCUT2D eigenvalue weighted by Crippen LogP contribution is -2.25. The Morgan fingerprint density at radius 1 is 1.53 bits per heavy atom. The van der Waals surface area contributed by atoms with Gasteiger partial charge < -0.3 is 15.4 Å². The molecule has 0 fully saturated rings. The summed E-state index contributed by atoms with van der Waals surface area (Å²) < 4.78 is 5.04. The smallest absolute Gasteiger partial charge is 0.231 e. The van der Waals surface area contributed by atoms with Crippen molar-refractivity contribution in [1.82, 2.24) is 0 Å². The van der Waals surface area contributed by atoms with Crippen molar-refractivity contribution in [3.8, 4) is 0 Å². The number of fused-ring (bicyclic) bond motifs is 1. The van der Waals surface area contributed by atoms with E-state index < -0.39 is 0 Å². The summed E-state index contributed by atoms with van der Waals surface area (Å²) >= 11 is 0. The predicted octanol–water partition coefficient (Wildman–Crippen LogP) is 1.24. The molecular weight excluding hydrogens is 216 g/mol. The lowest BCUT2D eigenvalue weighted by atomic mass is 10.0. The maximum atomic E-state index is 11.7. The average molecular weight is 234 g/mol. The lowest BCUT2D eigenvalue weighted by Gasteiger charge is -2.16. The van der Waals surface area contributed by atoms with Crippen LogP contribution in [0.25, 0.3) is 0 Å². The second-order valence-corrected chi connectivity index (χ2v) is 4.26. The van der Waals surface area contributed by atoms with Crippen LogP contribution in [0.15, 0.2) is 18.2 Å². The third kappa shape index (κ3) is 2.18. The Hall–Kier alpha value is -1.39. The minimum Gasteiger partial charge on any atom is -0.383 e. The molecule has 2 rings (SSSR count). The number of anilines is 1. The van der Waals surface area contributed by atoms with Crippen LogP contribution >= 0.6 is 0 Å². The van der Waals surface area contributed by atoms with Crippen LogP contribution in [0.1, 0.15) is 24.1 Å². The Kier molecular flexibility index (Phi) is 3.45. The molecule has 1 amide bonds. The number of amides is 1. The minimum atomic E-state index is -0.129. The van der Waals surface area contributed by atoms with Crippen LogP contribution < -0.4 is 10.6 Å². The second-order valence-electron chi connectivity index (χ2n) is 4.26. The average Bonchev–Trinajstić information content (AvgIpc) is 2.63. The Morgan fingerprint density at radius 2 is 2.29 bits per heavy atom. The quantitative estimate of drug-likeness (QED) is 0.852. The molecule has 1 atom stereocenters. The van der Waals surface area contributed by atoms with Gasteiger partial charge in [-0.1, -0.05) is 12.1 Å². The van der Waals surface area contributed by atoms with Gasteiger partial charge >= 0.3 is 0 Å². The van der Waals surface area contributed by atoms with Gasteiger partial charge in [0.15, 0.2) is 0 Å². The number of carbonyl (C=O) groups is 1. The van der Waals surface area contributed by atoms with Crippen LogP contribution in [0.3, 0.4) is 0 Å². The topological polar surface area (TPSA) is 55.6 Å². The minimum absolute atomic E-state index is 0.129. The van der Waals surface area contributed by atoms with Crippen LogP contribution in [-0.2, 0) is 16.0 Å². The number of nitrogens with two attached hydrogens (primary N) is 1. The van der Waals surface area contributed by atoms with E-state index in [0.29, 0.717) is 13.0 Å². The van der Waals surface area contributed by atoms with Gasteiger partial charge in [0.25, 0.3) is 0 Å². The summed E-state index contributed by atoms with van der Waals surface area (Å²) in [6.07, 6.45) is 0.483. The summed E-state index contributed by atoms with van der Waals surface area (Å²) in [5.41, 5.74) is 9.09. The zero-order valence-electron chi connectivity index (χ0n) is 10.3. The summed E-state index contributed by atoms with van der Waals surface area (Å²) in [5.74, 6) is 0.167. The number of hydrogen-bond acceptors (Lipinski definition) is 3. The molecule has 1 aliphatic heterocycles. The van der Waals surface area contributed by atoms with Crippen molar-refractivity contribution in [1.29, 1.82) is 0 Å². The highest BCUT2D eigenvalue weighted by Crippen LogP contribution is 2.30. The maximum Gasteiger partial charge on any atom is 0.231 e. The molecule has 0 saturated carbocycles. The van der Waals surface area contributed by atoms with Gasteiger partial charge in [0.2, 0.25) is 5.91 Å². The first kappa shape index (κ1) is 12.1. The maximum absolute atomic E-state index is 11.7. The standard InChI is InChI=1S/C13H18N2O2/c1-3-15-12-5-4-9(11(14)8-17-2)6-10(12)7-13(15)16/h4-6,11H,3,7-8,14H2,1-2H3. The fraction of sp³-hybridized carbons (Fsp3) is 0.462. The van der Waals surface area contributed by atoms with Crippen LogP contribution in [0.4, 0.5) is 5.69 Å². The third-order valence-electron chi connectivity index (χ3n) is 3.13. The molecule has 0 aliphatic carbocycles. The Morgan fingerprint density at radius 3 is 2.94 bits per heavy atom. The molecular formula is C13H18N2O2. The molecule has 1 unspecified atom stereocenters. The highest BCUT2D eigenvalue weighted by molar-refractivity contribution is 6.01. The largest absolute Gasteiger partial charge is 0.383 e. The highest BCUT2D eigenvalue weighted by atomic mass is 16.5. The van der Waals surface area contributed by atoms with Crippen molar-refractivity contribution in [2.45, 2.75) is 19.4 Å². The molecule has 2 N–H and O–H groups in total. The first-order valence-corrected chi connectivity index (χ1v) is 5.85. The molecule has 1 aromatic carbocycles. The number of benzene rings is 1. The fourth-order valence-electron chi connectivity index (χ4n) is 2.26. The number of likely N-dealkylation sites (N-methyl/N-ethyl adjacent to an activating group) is 1. The molecule has 92 valence electrons. The first-order valence-electron chi connectivity index (χ1n) is 5.85. The number of rotatable bonds is 4. The van der Waals surface area contributed by atoms with Crippen molar-refractivity contribution in [2.75, 3.05) is 25.2 Å². The number of carbonyl (C=O) groups excluding carboxylic acids is 1. The van der Waals surface area contributed by atoms with Gasteiger partial charge in [0.1, 0.15) is 0 Å². The molecule has 4 nitrogen and oxygen atoms in total. The van der Waals surface area contributed by atoms with Crippen LogP contribution in [-0.4, -0.2) is 26.2 Å². The molecule has 0 aromatic heterocycles. The summed E-state index contributed by atoms with van der Waals surface area (Å²) in [7, 11) is 1.63. The monoisotopic (exact) mass is 234 g/mol. The van der Waals surface area contributed by atoms with E-state index in [4.69, 9.17) is 10.5 Å². The molecule has 17 heavy (non-hydrogen) atoms. The third-order valence-corrected chi connectivity index (χ3v) is 3.13. The number of ether oxygens (including phenoxy) is 1. The summed E-state index contributed by atoms with van der Waals surface area (Å²) in [6.45, 7) is 3.19. The van der Waals surface area contributed by atoms with Crippen molar-refractivity contribution >= 4 is 11.6 Å². The normalized spacial score (nSPS) is 16.2. The van der Waals surface area contributed by atoms with Crippen molar-refractivity contribution in [2.24, 2.45) is 5.73 Å². The number of nitrogens with zero attached hydrogens (tertiary/aromatic N) is 1. The van der Waals surface area contributed by atoms with Gasteiger partial charge in [-0.3, -0.25) is 4.79 Å². The van der Waals surface area contributed by atoms with Crippen LogP contribution in [0, 0.1) is 0 Å². The van der Waals surface area contributed by atoms with Crippen molar-refractivity contribution < 1.29 is 9.53 Å². The summed E-state index contributed by atoms with van der Waals surface area (Å²) in [4.78, 5) is 13.5. The fourth-order valence-corrected chi connectivity index (χ4v) is 2.26. The van der Waals surface area contributed by atoms with Gasteiger partial charge in [-0.05, 0) is 24.1 Å². The zero-order chi connectivity index (χ0) is 12.4. The Bertz CT molecular complexity index is 431. The van der Waals surface area contributed by atoms with Gasteiger partial charge in [0.05, 0.1) is 19.1 Å². The van der Waals surface area contributed by atoms with Gasteiger partial charge in [-0.2, -0.15) is 0 Å². The van der Waals surface area contributed by atoms with Crippen molar-refractivity contribution in [3.63, 3.8) is 0 Å². The molecule has 0 spiro atoms. The molecule has 4 heteroatoms. The van der Waals surface area contributed by atoms with Crippen LogP contribution in [0.5, 0.6) is 0 Å². The van der Waals surface area contributed by atoms with E-state index in [1.807, 2.05) is 25.1 Å². The molecule has 1 aliphatic rings. The van der Waals surface area contributed by atoms with E-state index in [9.17, 15) is 4.79 Å². The van der Waals surface area contributed by atoms with E-state index in [2.05, 4.69) is 0 Å². The lowest BCUT2D eigenvalue weighted by molar-refractivity contribution is -0.117. The van der Waals surface area contributed by atoms with Gasteiger partial charge in [0, 0.05) is 19.3 Å². The molecule has 0 radical (unpaired) electrons. The molecule has 1 heterocycles. The van der Waals surface area contributed by atoms with Gasteiger partial charge in [-0.15, -0.1) is 0 Å². The van der Waals surface area contributed by atoms with E-state index in [0.717, 1.165) is 23.4 Å². The van der Waals surface area contributed by atoms with E-state index in [-0.39, 0.29) is 11.9 Å². The van der Waals surface area contributed by atoms with E-state index in [1.165, 1.54) is 0 Å². The zero-order valence-corrected chi connectivity index (χ0v) is 10.3. The van der Waals surface area contributed by atoms with E-state index >= 15 is 0 Å². The first-order chi connectivity index (χ1) is 8.17. The molecule has 0 saturated heterocycles. The molecule has 0 bridgehead atoms. The molecule has 1 aromatic rings. The highest BCUT2D eigenvalue weighted by Gasteiger charge is 2.26. The Balaban J connectivity index is 2.28. The van der Waals surface area contributed by atoms with E-state index in [1.54, 1.807) is 12.0 Å². The Labute approximate surface area is 101 Å². The SMILES string of the molecule is CCN1C(=O)Cc2cc(C(N)COC)ccc21. The summed E-state index contributed by atoms with van der Waals surface area (Å²) in [6, 6.07) is 5.85. The second kappa shape index (κ2) is 4.85. The number of methoxy groups -OCH3 is 1. The van der Waals surface area contributed by atoms with Crippen molar-refractivity contribution in [3.05, 3.63) is 29.3 Å². The number of hydrogen-bond donors (Lipinski definition) is 1.